The Kier molecular flexibility index (Phi) is 3.34. The number of hydrogen-bond donors (Lipinski definition) is 5. The van der Waals surface area contributed by atoms with Gasteiger partial charge in [0, 0.05) is 6.20 Å². The molecule has 8 nitrogen and oxygen atoms in total. The predicted molar refractivity (Wildman–Crippen MR) is 63.8 cm³/mol. The third-order valence-corrected chi connectivity index (χ3v) is 3.35. The molecule has 0 unspecified atom stereocenters. The van der Waals surface area contributed by atoms with E-state index in [1.54, 1.807) is 0 Å². The zero-order valence-electron chi connectivity index (χ0n) is 9.17. The van der Waals surface area contributed by atoms with Crippen molar-refractivity contribution in [2.75, 3.05) is 12.3 Å². The fourth-order valence-electron chi connectivity index (χ4n) is 1.79. The molecule has 9 heteroatoms. The van der Waals surface area contributed by atoms with Crippen molar-refractivity contribution in [3.63, 3.8) is 0 Å². The van der Waals surface area contributed by atoms with Crippen LogP contribution in [0, 0.1) is 0 Å². The normalized spacial score (nSPS) is 35.9. The molecule has 4 atom stereocenters. The number of aromatic nitrogens is 2. The summed E-state index contributed by atoms with van der Waals surface area (Å²) in [4.78, 5) is 15.1. The molecule has 0 amide bonds. The molecule has 0 bridgehead atoms. The van der Waals surface area contributed by atoms with Crippen LogP contribution in [-0.4, -0.2) is 49.8 Å². The Morgan fingerprint density at radius 3 is 2.78 bits per heavy atom. The third kappa shape index (κ3) is 1.89. The Morgan fingerprint density at radius 1 is 1.61 bits per heavy atom. The lowest BCUT2D eigenvalue weighted by molar-refractivity contribution is -0.0804. The molecule has 0 saturated carbocycles. The van der Waals surface area contributed by atoms with Crippen LogP contribution < -0.4 is 11.4 Å². The molecule has 18 heavy (non-hydrogen) atoms. The van der Waals surface area contributed by atoms with Crippen LogP contribution in [0.1, 0.15) is 0 Å². The molecule has 100 valence electrons. The minimum atomic E-state index is -1.80. The highest BCUT2D eigenvalue weighted by Gasteiger charge is 2.53. The number of rotatable bonds is 2. The van der Waals surface area contributed by atoms with Crippen LogP contribution in [0.15, 0.2) is 17.1 Å². The lowest BCUT2D eigenvalue weighted by Gasteiger charge is -2.28. The minimum absolute atomic E-state index is 0.0138. The SMILES string of the molecule is Nc1ccn([C@]2(S)O[C@H](CO)[C@@H](O)[C@H]2O)c(=O)n1. The first kappa shape index (κ1) is 13.3. The average molecular weight is 275 g/mol. The van der Waals surface area contributed by atoms with Crippen molar-refractivity contribution in [1.82, 2.24) is 9.55 Å². The topological polar surface area (TPSA) is 131 Å². The van der Waals surface area contributed by atoms with Crippen LogP contribution in [0.2, 0.25) is 0 Å². The van der Waals surface area contributed by atoms with Crippen molar-refractivity contribution in [1.29, 1.82) is 0 Å². The maximum absolute atomic E-state index is 11.7. The van der Waals surface area contributed by atoms with E-state index < -0.39 is 35.7 Å². The molecule has 2 heterocycles. The van der Waals surface area contributed by atoms with E-state index in [2.05, 4.69) is 17.6 Å². The van der Waals surface area contributed by atoms with E-state index >= 15 is 0 Å². The molecule has 1 aromatic rings. The van der Waals surface area contributed by atoms with E-state index in [1.165, 1.54) is 12.3 Å². The van der Waals surface area contributed by atoms with Gasteiger partial charge >= 0.3 is 5.69 Å². The number of aliphatic hydroxyl groups is 3. The van der Waals surface area contributed by atoms with Crippen molar-refractivity contribution < 1.29 is 20.1 Å². The number of anilines is 1. The zero-order chi connectivity index (χ0) is 13.5. The maximum Gasteiger partial charge on any atom is 0.352 e. The van der Waals surface area contributed by atoms with Gasteiger partial charge in [-0.3, -0.25) is 4.57 Å². The van der Waals surface area contributed by atoms with Gasteiger partial charge in [0.1, 0.15) is 24.1 Å². The highest BCUT2D eigenvalue weighted by molar-refractivity contribution is 7.81. The molecule has 2 rings (SSSR count). The summed E-state index contributed by atoms with van der Waals surface area (Å²) in [6, 6.07) is 1.33. The molecular weight excluding hydrogens is 262 g/mol. The second-order valence-electron chi connectivity index (χ2n) is 3.94. The highest BCUT2D eigenvalue weighted by atomic mass is 32.1. The van der Waals surface area contributed by atoms with Gasteiger partial charge in [-0.25, -0.2) is 4.79 Å². The summed E-state index contributed by atoms with van der Waals surface area (Å²) in [5.41, 5.74) is 4.56. The Bertz CT molecular complexity index is 509. The first-order chi connectivity index (χ1) is 8.40. The first-order valence-corrected chi connectivity index (χ1v) is 5.57. The predicted octanol–water partition coefficient (Wildman–Crippen LogP) is -2.52. The second kappa shape index (κ2) is 4.52. The van der Waals surface area contributed by atoms with E-state index in [0.29, 0.717) is 0 Å². The lowest BCUT2D eigenvalue weighted by Crippen LogP contribution is -2.46. The Balaban J connectivity index is 2.46. The van der Waals surface area contributed by atoms with Gasteiger partial charge in [0.2, 0.25) is 5.06 Å². The average Bonchev–Trinajstić information content (AvgIpc) is 2.54. The Hall–Kier alpha value is -1.13. The zero-order valence-corrected chi connectivity index (χ0v) is 10.1. The monoisotopic (exact) mass is 275 g/mol. The van der Waals surface area contributed by atoms with Crippen molar-refractivity contribution in [2.24, 2.45) is 0 Å². The quantitative estimate of drug-likeness (QED) is 0.376. The first-order valence-electron chi connectivity index (χ1n) is 5.13. The fourth-order valence-corrected chi connectivity index (χ4v) is 2.23. The molecular formula is C9H13N3O5S. The number of ether oxygens (including phenoxy) is 1. The largest absolute Gasteiger partial charge is 0.394 e. The van der Waals surface area contributed by atoms with Crippen molar-refractivity contribution in [3.8, 4) is 0 Å². The number of aliphatic hydroxyl groups excluding tert-OH is 3. The highest BCUT2D eigenvalue weighted by Crippen LogP contribution is 2.37. The van der Waals surface area contributed by atoms with Crippen molar-refractivity contribution in [3.05, 3.63) is 22.7 Å². The van der Waals surface area contributed by atoms with Gasteiger partial charge in [-0.2, -0.15) is 4.98 Å². The van der Waals surface area contributed by atoms with Crippen LogP contribution in [0.4, 0.5) is 5.82 Å². The lowest BCUT2D eigenvalue weighted by atomic mass is 10.1. The molecule has 0 radical (unpaired) electrons. The summed E-state index contributed by atoms with van der Waals surface area (Å²) >= 11 is 4.08. The van der Waals surface area contributed by atoms with E-state index in [-0.39, 0.29) is 5.82 Å². The number of nitrogens with zero attached hydrogens (tertiary/aromatic N) is 2. The number of nitrogen functional groups attached to an aromatic ring is 1. The van der Waals surface area contributed by atoms with Crippen LogP contribution >= 0.6 is 12.6 Å². The van der Waals surface area contributed by atoms with Crippen LogP contribution in [0.5, 0.6) is 0 Å². The van der Waals surface area contributed by atoms with Gasteiger partial charge < -0.3 is 25.8 Å². The molecule has 1 aliphatic heterocycles. The molecule has 0 aliphatic carbocycles. The summed E-state index contributed by atoms with van der Waals surface area (Å²) in [5, 5.41) is 26.7. The van der Waals surface area contributed by atoms with Gasteiger partial charge in [0.15, 0.2) is 0 Å². The van der Waals surface area contributed by atoms with E-state index in [4.69, 9.17) is 15.6 Å². The van der Waals surface area contributed by atoms with E-state index in [1.807, 2.05) is 0 Å². The van der Waals surface area contributed by atoms with E-state index in [9.17, 15) is 15.0 Å². The van der Waals surface area contributed by atoms with Crippen LogP contribution in [0.25, 0.3) is 0 Å². The maximum atomic E-state index is 11.7. The van der Waals surface area contributed by atoms with Crippen LogP contribution in [-0.2, 0) is 9.79 Å². The van der Waals surface area contributed by atoms with Gasteiger partial charge in [-0.15, -0.1) is 12.6 Å². The summed E-state index contributed by atoms with van der Waals surface area (Å²) in [5.74, 6) is 0.0138. The second-order valence-corrected chi connectivity index (χ2v) is 4.58. The fraction of sp³-hybridized carbons (Fsp3) is 0.556. The van der Waals surface area contributed by atoms with E-state index in [0.717, 1.165) is 4.57 Å². The minimum Gasteiger partial charge on any atom is -0.394 e. The standard InChI is InChI=1S/C9H13N3O5S/c10-5-1-2-12(8(16)11-5)9(18)7(15)6(14)4(3-13)17-9/h1-2,4,6-7,13-15,18H,3H2,(H2,10,11,16)/t4-,6-,7-,9+/m1/s1. The summed E-state index contributed by atoms with van der Waals surface area (Å²) in [7, 11) is 0. The van der Waals surface area contributed by atoms with Crippen molar-refractivity contribution >= 4 is 18.4 Å². The number of hydrogen-bond acceptors (Lipinski definition) is 8. The summed E-state index contributed by atoms with van der Waals surface area (Å²) in [6.07, 6.45) is -2.66. The van der Waals surface area contributed by atoms with Gasteiger partial charge in [-0.05, 0) is 6.07 Å². The molecule has 1 saturated heterocycles. The Morgan fingerprint density at radius 2 is 2.28 bits per heavy atom. The Labute approximate surface area is 107 Å². The molecule has 1 fully saturated rings. The summed E-state index contributed by atoms with van der Waals surface area (Å²) in [6.45, 7) is -0.516. The number of thiol groups is 1. The molecule has 1 aliphatic rings. The molecule has 5 N–H and O–H groups in total. The molecule has 1 aromatic heterocycles. The smallest absolute Gasteiger partial charge is 0.352 e. The number of nitrogens with two attached hydrogens (primary N) is 1. The summed E-state index contributed by atoms with van der Waals surface area (Å²) < 4.78 is 6.12. The van der Waals surface area contributed by atoms with Crippen LogP contribution in [0.3, 0.4) is 0 Å². The third-order valence-electron chi connectivity index (χ3n) is 2.76. The van der Waals surface area contributed by atoms with Gasteiger partial charge in [0.05, 0.1) is 6.61 Å². The van der Waals surface area contributed by atoms with Crippen molar-refractivity contribution in [2.45, 2.75) is 23.4 Å². The molecule has 0 aromatic carbocycles. The van der Waals surface area contributed by atoms with Gasteiger partial charge in [0.25, 0.3) is 0 Å². The van der Waals surface area contributed by atoms with Gasteiger partial charge in [-0.1, -0.05) is 0 Å². The molecule has 0 spiro atoms.